The molecule has 0 saturated carbocycles. The van der Waals surface area contributed by atoms with Crippen LogP contribution in [-0.4, -0.2) is 37.0 Å². The van der Waals surface area contributed by atoms with E-state index in [0.29, 0.717) is 4.90 Å². The number of hydrogen-bond acceptors (Lipinski definition) is 5. The molecular weight excluding hydrogens is 182 g/mol. The van der Waals surface area contributed by atoms with Gasteiger partial charge in [0.2, 0.25) is 18.3 Å². The molecule has 0 unspecified atom stereocenters. The first kappa shape index (κ1) is 12.4. The van der Waals surface area contributed by atoms with Gasteiger partial charge in [0.1, 0.15) is 0 Å². The molecule has 0 aromatic rings. The summed E-state index contributed by atoms with van der Waals surface area (Å²) in [5, 5.41) is 22.3. The highest BCUT2D eigenvalue weighted by atomic mass is 16.2. The van der Waals surface area contributed by atoms with E-state index in [4.69, 9.17) is 10.5 Å². The molecule has 1 aliphatic rings. The van der Waals surface area contributed by atoms with Gasteiger partial charge in [0.05, 0.1) is 0 Å². The molecular formula is C8H13N5O. The number of nitrogens with one attached hydrogen (secondary N) is 2. The summed E-state index contributed by atoms with van der Waals surface area (Å²) in [5.74, 6) is -0.560. The highest BCUT2D eigenvalue weighted by Crippen LogP contribution is 1.78. The predicted molar refractivity (Wildman–Crippen MR) is 49.5 cm³/mol. The zero-order valence-electron chi connectivity index (χ0n) is 8.08. The van der Waals surface area contributed by atoms with Gasteiger partial charge in [-0.1, -0.05) is 0 Å². The van der Waals surface area contributed by atoms with E-state index in [-0.39, 0.29) is 0 Å². The maximum absolute atomic E-state index is 10.1. The van der Waals surface area contributed by atoms with Gasteiger partial charge in [0.15, 0.2) is 0 Å². The lowest BCUT2D eigenvalue weighted by atomic mass is 10.4. The average Bonchev–Trinajstić information content (AvgIpc) is 2.22. The van der Waals surface area contributed by atoms with Gasteiger partial charge in [-0.3, -0.25) is 4.79 Å². The highest BCUT2D eigenvalue weighted by Gasteiger charge is 2.02. The lowest BCUT2D eigenvalue weighted by Crippen LogP contribution is -2.39. The maximum Gasteiger partial charge on any atom is 0.246 e. The maximum atomic E-state index is 10.1. The van der Waals surface area contributed by atoms with Crippen LogP contribution in [0.2, 0.25) is 0 Å². The normalized spacial score (nSPS) is 13.9. The number of carbonyl (C=O) groups excluding carboxylic acids is 1. The van der Waals surface area contributed by atoms with E-state index in [1.807, 2.05) is 0 Å². The number of piperazine rings is 1. The van der Waals surface area contributed by atoms with E-state index in [1.165, 1.54) is 12.4 Å². The zero-order valence-corrected chi connectivity index (χ0v) is 8.08. The lowest BCUT2D eigenvalue weighted by Gasteiger charge is -2.11. The molecule has 0 bridgehead atoms. The molecule has 0 spiro atoms. The fourth-order valence-electron chi connectivity index (χ4n) is 0.767. The summed E-state index contributed by atoms with van der Waals surface area (Å²) in [6.07, 6.45) is 2.75. The van der Waals surface area contributed by atoms with Gasteiger partial charge in [-0.25, -0.2) is 0 Å². The Morgan fingerprint density at radius 2 is 1.50 bits per heavy atom. The second-order valence-corrected chi connectivity index (χ2v) is 2.55. The van der Waals surface area contributed by atoms with Gasteiger partial charge in [-0.05, 0) is 0 Å². The van der Waals surface area contributed by atoms with Crippen molar-refractivity contribution in [3.8, 4) is 12.4 Å². The van der Waals surface area contributed by atoms with Crippen molar-refractivity contribution in [3.63, 3.8) is 0 Å². The van der Waals surface area contributed by atoms with E-state index in [0.717, 1.165) is 33.1 Å². The van der Waals surface area contributed by atoms with E-state index < -0.39 is 5.91 Å². The highest BCUT2D eigenvalue weighted by molar-refractivity contribution is 5.76. The standard InChI is InChI=1S/C4H3N3O.C4H10N2/c1-4(8)7(2-5)3-6;1-2-6-4-3-5-1/h1H3;5-6H,1-4H2. The van der Waals surface area contributed by atoms with E-state index in [1.54, 1.807) is 0 Å². The number of rotatable bonds is 0. The Morgan fingerprint density at radius 1 is 1.14 bits per heavy atom. The van der Waals surface area contributed by atoms with Crippen LogP contribution in [0.25, 0.3) is 0 Å². The summed E-state index contributed by atoms with van der Waals surface area (Å²) >= 11 is 0. The first-order valence-electron chi connectivity index (χ1n) is 4.24. The molecule has 1 aliphatic heterocycles. The van der Waals surface area contributed by atoms with Crippen molar-refractivity contribution in [2.45, 2.75) is 6.92 Å². The molecule has 1 heterocycles. The first-order valence-corrected chi connectivity index (χ1v) is 4.24. The Morgan fingerprint density at radius 3 is 1.57 bits per heavy atom. The lowest BCUT2D eigenvalue weighted by molar-refractivity contribution is -0.123. The zero-order chi connectivity index (χ0) is 10.8. The molecule has 76 valence electrons. The van der Waals surface area contributed by atoms with Crippen LogP contribution in [0, 0.1) is 22.9 Å². The summed E-state index contributed by atoms with van der Waals surface area (Å²) in [6.45, 7) is 5.70. The Balaban J connectivity index is 0.000000249. The molecule has 0 radical (unpaired) electrons. The summed E-state index contributed by atoms with van der Waals surface area (Å²) in [4.78, 5) is 10.5. The first-order chi connectivity index (χ1) is 6.72. The van der Waals surface area contributed by atoms with Crippen LogP contribution in [0.5, 0.6) is 0 Å². The number of nitrogens with zero attached hydrogens (tertiary/aromatic N) is 3. The van der Waals surface area contributed by atoms with Crippen molar-refractivity contribution in [1.82, 2.24) is 15.5 Å². The molecule has 0 atom stereocenters. The van der Waals surface area contributed by atoms with Crippen LogP contribution >= 0.6 is 0 Å². The van der Waals surface area contributed by atoms with Crippen molar-refractivity contribution in [2.24, 2.45) is 0 Å². The van der Waals surface area contributed by atoms with Crippen LogP contribution in [0.1, 0.15) is 6.92 Å². The van der Waals surface area contributed by atoms with Crippen molar-refractivity contribution in [1.29, 1.82) is 10.5 Å². The smallest absolute Gasteiger partial charge is 0.246 e. The van der Waals surface area contributed by atoms with E-state index in [2.05, 4.69) is 10.6 Å². The summed E-state index contributed by atoms with van der Waals surface area (Å²) in [7, 11) is 0. The molecule has 1 saturated heterocycles. The molecule has 14 heavy (non-hydrogen) atoms. The monoisotopic (exact) mass is 195 g/mol. The van der Waals surface area contributed by atoms with Crippen molar-refractivity contribution in [2.75, 3.05) is 26.2 Å². The van der Waals surface area contributed by atoms with E-state index >= 15 is 0 Å². The van der Waals surface area contributed by atoms with Gasteiger partial charge in [-0.15, -0.1) is 4.90 Å². The molecule has 6 heteroatoms. The van der Waals surface area contributed by atoms with Crippen molar-refractivity contribution in [3.05, 3.63) is 0 Å². The Hall–Kier alpha value is -1.63. The summed E-state index contributed by atoms with van der Waals surface area (Å²) < 4.78 is 0. The number of carbonyl (C=O) groups is 1. The van der Waals surface area contributed by atoms with Crippen molar-refractivity contribution >= 4 is 5.91 Å². The fraction of sp³-hybridized carbons (Fsp3) is 0.625. The minimum absolute atomic E-state index is 0.389. The number of hydrogen-bond donors (Lipinski definition) is 2. The van der Waals surface area contributed by atoms with Gasteiger partial charge in [0, 0.05) is 33.1 Å². The number of nitriles is 2. The third kappa shape index (κ3) is 5.95. The minimum Gasteiger partial charge on any atom is -0.314 e. The van der Waals surface area contributed by atoms with Gasteiger partial charge >= 0.3 is 0 Å². The van der Waals surface area contributed by atoms with Crippen LogP contribution in [0.15, 0.2) is 0 Å². The molecule has 0 aromatic heterocycles. The van der Waals surface area contributed by atoms with Crippen LogP contribution in [-0.2, 0) is 4.79 Å². The third-order valence-corrected chi connectivity index (χ3v) is 1.47. The van der Waals surface area contributed by atoms with Gasteiger partial charge < -0.3 is 10.6 Å². The third-order valence-electron chi connectivity index (χ3n) is 1.47. The van der Waals surface area contributed by atoms with Crippen molar-refractivity contribution < 1.29 is 4.79 Å². The molecule has 1 rings (SSSR count). The Kier molecular flexibility index (Phi) is 7.06. The van der Waals surface area contributed by atoms with Crippen LogP contribution in [0.3, 0.4) is 0 Å². The minimum atomic E-state index is -0.560. The molecule has 0 aliphatic carbocycles. The molecule has 0 aromatic carbocycles. The summed E-state index contributed by atoms with van der Waals surface area (Å²) in [5.41, 5.74) is 0. The largest absolute Gasteiger partial charge is 0.314 e. The van der Waals surface area contributed by atoms with Crippen LogP contribution < -0.4 is 10.6 Å². The van der Waals surface area contributed by atoms with E-state index in [9.17, 15) is 4.79 Å². The quantitative estimate of drug-likeness (QED) is 0.381. The van der Waals surface area contributed by atoms with Crippen LogP contribution in [0.4, 0.5) is 0 Å². The van der Waals surface area contributed by atoms with Gasteiger partial charge in [-0.2, -0.15) is 10.5 Å². The predicted octanol–water partition coefficient (Wildman–Crippen LogP) is -1.02. The SMILES string of the molecule is C1CNCCN1.CC(=O)N(C#N)C#N. The Bertz CT molecular complexity index is 222. The Labute approximate surface area is 83.1 Å². The van der Waals surface area contributed by atoms with Gasteiger partial charge in [0.25, 0.3) is 0 Å². The number of amides is 1. The fourth-order valence-corrected chi connectivity index (χ4v) is 0.767. The topological polar surface area (TPSA) is 91.9 Å². The average molecular weight is 195 g/mol. The molecule has 1 amide bonds. The second kappa shape index (κ2) is 7.99. The molecule has 1 fully saturated rings. The second-order valence-electron chi connectivity index (χ2n) is 2.55. The molecule has 2 N–H and O–H groups in total. The summed E-state index contributed by atoms with van der Waals surface area (Å²) in [6, 6.07) is 0. The molecule has 6 nitrogen and oxygen atoms in total.